The van der Waals surface area contributed by atoms with Crippen LogP contribution in [-0.4, -0.2) is 29.3 Å². The van der Waals surface area contributed by atoms with Crippen LogP contribution in [0.2, 0.25) is 0 Å². The lowest BCUT2D eigenvalue weighted by atomic mass is 10.2. The number of rotatable bonds is 5. The topological polar surface area (TPSA) is 150 Å². The molecule has 0 bridgehead atoms. The molecule has 0 aliphatic heterocycles. The van der Waals surface area contributed by atoms with Crippen LogP contribution in [0.1, 0.15) is 18.1 Å². The molecule has 0 amide bonds. The Morgan fingerprint density at radius 2 is 1.19 bits per heavy atom. The number of aromatic hydroxyl groups is 2. The molecule has 10 heteroatoms. The first-order valence-corrected chi connectivity index (χ1v) is 10.7. The molecule has 4 aromatic rings. The van der Waals surface area contributed by atoms with E-state index in [4.69, 9.17) is 0 Å². The van der Waals surface area contributed by atoms with Crippen LogP contribution in [0.15, 0.2) is 97.2 Å². The van der Waals surface area contributed by atoms with Crippen molar-refractivity contribution in [2.24, 2.45) is 0 Å². The van der Waals surface area contributed by atoms with E-state index in [1.807, 2.05) is 0 Å². The molecule has 0 spiro atoms. The predicted molar refractivity (Wildman–Crippen MR) is 135 cm³/mol. The second kappa shape index (κ2) is 9.88. The van der Waals surface area contributed by atoms with E-state index < -0.39 is 34.3 Å². The molecule has 0 radical (unpaired) electrons. The fourth-order valence-corrected chi connectivity index (χ4v) is 3.43. The molecular formula is C26H20N4O6. The number of allylic oxidation sites excluding steroid dienone is 2. The number of aromatic amines is 2. The van der Waals surface area contributed by atoms with E-state index in [0.717, 1.165) is 9.13 Å². The Balaban J connectivity index is 1.75. The maximum Gasteiger partial charge on any atom is 0.335 e. The van der Waals surface area contributed by atoms with Gasteiger partial charge in [-0.15, -0.1) is 5.73 Å². The van der Waals surface area contributed by atoms with E-state index in [-0.39, 0.29) is 11.1 Å². The van der Waals surface area contributed by atoms with Gasteiger partial charge in [-0.3, -0.25) is 19.6 Å². The summed E-state index contributed by atoms with van der Waals surface area (Å²) in [5, 5.41) is 21.2. The van der Waals surface area contributed by atoms with Crippen molar-refractivity contribution in [2.75, 3.05) is 0 Å². The van der Waals surface area contributed by atoms with Crippen molar-refractivity contribution in [3.63, 3.8) is 0 Å². The highest BCUT2D eigenvalue weighted by atomic mass is 16.3. The van der Waals surface area contributed by atoms with E-state index in [1.165, 1.54) is 18.2 Å². The van der Waals surface area contributed by atoms with Crippen LogP contribution in [0.4, 0.5) is 0 Å². The molecule has 2 aromatic carbocycles. The second-order valence-electron chi connectivity index (χ2n) is 7.64. The molecule has 0 aliphatic carbocycles. The van der Waals surface area contributed by atoms with E-state index in [0.29, 0.717) is 16.9 Å². The summed E-state index contributed by atoms with van der Waals surface area (Å²) in [5.74, 6) is -1.12. The van der Waals surface area contributed by atoms with Crippen molar-refractivity contribution in [1.82, 2.24) is 19.1 Å². The van der Waals surface area contributed by atoms with Crippen LogP contribution in [0.5, 0.6) is 11.8 Å². The lowest BCUT2D eigenvalue weighted by Gasteiger charge is -2.09. The standard InChI is InChI=1S/C26H20N4O6/c1-16(12-14-19-21(31)27-25(35)29(23(19)33)17-8-4-2-5-9-17)13-15-20-22(32)28-26(36)30(24(20)34)18-10-6-3-7-11-18/h2-12,14-15,33-34H,1H3,(H,27,31,35)(H,28,32,36). The van der Waals surface area contributed by atoms with Gasteiger partial charge in [-0.05, 0) is 48.9 Å². The Labute approximate surface area is 202 Å². The zero-order chi connectivity index (χ0) is 25.8. The minimum atomic E-state index is -0.807. The molecule has 0 saturated heterocycles. The van der Waals surface area contributed by atoms with Gasteiger partial charge in [0.2, 0.25) is 11.8 Å². The third kappa shape index (κ3) is 4.65. The van der Waals surface area contributed by atoms with Gasteiger partial charge in [-0.25, -0.2) is 18.7 Å². The van der Waals surface area contributed by atoms with Crippen molar-refractivity contribution < 1.29 is 10.2 Å². The third-order valence-electron chi connectivity index (χ3n) is 5.21. The maximum atomic E-state index is 12.3. The van der Waals surface area contributed by atoms with Gasteiger partial charge in [0.05, 0.1) is 11.4 Å². The molecule has 10 nitrogen and oxygen atoms in total. The van der Waals surface area contributed by atoms with Crippen molar-refractivity contribution in [3.05, 3.63) is 131 Å². The number of aromatic nitrogens is 4. The van der Waals surface area contributed by atoms with Crippen molar-refractivity contribution in [3.8, 4) is 23.1 Å². The number of hydrogen-bond donors (Lipinski definition) is 4. The Kier molecular flexibility index (Phi) is 6.53. The highest BCUT2D eigenvalue weighted by Gasteiger charge is 2.14. The number of para-hydroxylation sites is 2. The predicted octanol–water partition coefficient (Wildman–Crippen LogP) is 2.05. The van der Waals surface area contributed by atoms with Gasteiger partial charge in [-0.1, -0.05) is 42.5 Å². The third-order valence-corrected chi connectivity index (χ3v) is 5.21. The Morgan fingerprint density at radius 1 is 0.750 bits per heavy atom. The second-order valence-corrected chi connectivity index (χ2v) is 7.64. The fraction of sp³-hybridized carbons (Fsp3) is 0.0385. The van der Waals surface area contributed by atoms with Crippen LogP contribution in [0.25, 0.3) is 23.5 Å². The largest absolute Gasteiger partial charge is 0.494 e. The summed E-state index contributed by atoms with van der Waals surface area (Å²) in [5.41, 5.74) is 0.350. The molecule has 4 rings (SSSR count). The van der Waals surface area contributed by atoms with E-state index in [2.05, 4.69) is 15.7 Å². The molecule has 4 N–H and O–H groups in total. The average Bonchev–Trinajstić information content (AvgIpc) is 2.84. The number of nitrogens with zero attached hydrogens (tertiary/aromatic N) is 2. The quantitative estimate of drug-likeness (QED) is 0.252. The maximum absolute atomic E-state index is 12.3. The lowest BCUT2D eigenvalue weighted by molar-refractivity contribution is 0.429. The first-order chi connectivity index (χ1) is 17.3. The molecule has 2 heterocycles. The summed E-state index contributed by atoms with van der Waals surface area (Å²) >= 11 is 0. The fourth-order valence-electron chi connectivity index (χ4n) is 3.43. The SMILES string of the molecule is CC(=C=Cc1c(O)n(-c2ccccc2)c(=O)[nH]c1=O)C=Cc1c(O)n(-c2ccccc2)c(=O)[nH]c1=O. The average molecular weight is 484 g/mol. The Hall–Kier alpha value is -5.34. The van der Waals surface area contributed by atoms with Gasteiger partial charge in [0.25, 0.3) is 11.1 Å². The van der Waals surface area contributed by atoms with Crippen molar-refractivity contribution in [1.29, 1.82) is 0 Å². The minimum Gasteiger partial charge on any atom is -0.494 e. The zero-order valence-electron chi connectivity index (χ0n) is 18.9. The van der Waals surface area contributed by atoms with Gasteiger partial charge in [0.15, 0.2) is 0 Å². The number of hydrogen-bond acceptors (Lipinski definition) is 6. The van der Waals surface area contributed by atoms with Crippen molar-refractivity contribution >= 4 is 12.2 Å². The van der Waals surface area contributed by atoms with E-state index >= 15 is 0 Å². The summed E-state index contributed by atoms with van der Waals surface area (Å²) in [7, 11) is 0. The number of H-pyrrole nitrogens is 2. The van der Waals surface area contributed by atoms with Crippen LogP contribution >= 0.6 is 0 Å². The molecular weight excluding hydrogens is 464 g/mol. The van der Waals surface area contributed by atoms with Gasteiger partial charge >= 0.3 is 11.4 Å². The van der Waals surface area contributed by atoms with E-state index in [9.17, 15) is 29.4 Å². The van der Waals surface area contributed by atoms with Crippen LogP contribution in [0.3, 0.4) is 0 Å². The highest BCUT2D eigenvalue weighted by molar-refractivity contribution is 5.60. The molecule has 180 valence electrons. The van der Waals surface area contributed by atoms with Crippen LogP contribution < -0.4 is 22.5 Å². The normalized spacial score (nSPS) is 10.8. The summed E-state index contributed by atoms with van der Waals surface area (Å²) in [4.78, 5) is 53.4. The molecule has 0 unspecified atom stereocenters. The molecule has 36 heavy (non-hydrogen) atoms. The monoisotopic (exact) mass is 484 g/mol. The highest BCUT2D eigenvalue weighted by Crippen LogP contribution is 2.19. The molecule has 0 fully saturated rings. The first-order valence-electron chi connectivity index (χ1n) is 10.7. The van der Waals surface area contributed by atoms with Gasteiger partial charge in [0.1, 0.15) is 11.1 Å². The molecule has 0 aliphatic rings. The summed E-state index contributed by atoms with van der Waals surface area (Å²) < 4.78 is 1.91. The van der Waals surface area contributed by atoms with Crippen LogP contribution in [0, 0.1) is 0 Å². The van der Waals surface area contributed by atoms with Gasteiger partial charge in [0, 0.05) is 0 Å². The van der Waals surface area contributed by atoms with E-state index in [1.54, 1.807) is 67.6 Å². The molecule has 0 saturated carbocycles. The van der Waals surface area contributed by atoms with Crippen LogP contribution in [-0.2, 0) is 0 Å². The summed E-state index contributed by atoms with van der Waals surface area (Å²) in [6, 6.07) is 16.6. The zero-order valence-corrected chi connectivity index (χ0v) is 18.9. The summed E-state index contributed by atoms with van der Waals surface area (Å²) in [6.45, 7) is 1.60. The molecule has 0 atom stereocenters. The Morgan fingerprint density at radius 3 is 1.69 bits per heavy atom. The molecule has 2 aromatic heterocycles. The first kappa shape index (κ1) is 23.8. The smallest absolute Gasteiger partial charge is 0.335 e. The Bertz CT molecular complexity index is 1770. The lowest BCUT2D eigenvalue weighted by Crippen LogP contribution is -2.30. The number of nitrogens with one attached hydrogen (secondary N) is 2. The minimum absolute atomic E-state index is 0.169. The summed E-state index contributed by atoms with van der Waals surface area (Å²) in [6.07, 6.45) is 3.92. The van der Waals surface area contributed by atoms with Crippen molar-refractivity contribution in [2.45, 2.75) is 6.92 Å². The number of benzene rings is 2. The van der Waals surface area contributed by atoms with Gasteiger partial charge in [-0.2, -0.15) is 0 Å². The van der Waals surface area contributed by atoms with Gasteiger partial charge < -0.3 is 10.2 Å².